The van der Waals surface area contributed by atoms with E-state index in [4.69, 9.17) is 11.6 Å². The zero-order valence-corrected chi connectivity index (χ0v) is 6.99. The lowest BCUT2D eigenvalue weighted by Gasteiger charge is -2.03. The molecule has 9 heavy (non-hydrogen) atoms. The minimum Gasteiger partial charge on any atom is -0.122 e. The van der Waals surface area contributed by atoms with Crippen molar-refractivity contribution in [1.82, 2.24) is 0 Å². The molecule has 0 N–H and O–H groups in total. The first-order valence-electron chi connectivity index (χ1n) is 3.57. The van der Waals surface area contributed by atoms with Crippen molar-refractivity contribution in [3.63, 3.8) is 0 Å². The molecule has 0 nitrogen and oxygen atoms in total. The smallest absolute Gasteiger partial charge is 0.0404 e. The summed E-state index contributed by atoms with van der Waals surface area (Å²) in [7, 11) is 0. The van der Waals surface area contributed by atoms with E-state index in [9.17, 15) is 0 Å². The third-order valence-electron chi connectivity index (χ3n) is 1.55. The lowest BCUT2D eigenvalue weighted by atomic mass is 10.0. The fourth-order valence-electron chi connectivity index (χ4n) is 0.805. The Morgan fingerprint density at radius 3 is 2.22 bits per heavy atom. The van der Waals surface area contributed by atoms with Gasteiger partial charge in [0.2, 0.25) is 0 Å². The van der Waals surface area contributed by atoms with E-state index in [2.05, 4.69) is 19.9 Å². The van der Waals surface area contributed by atoms with Crippen molar-refractivity contribution in [2.75, 3.05) is 5.88 Å². The minimum absolute atomic E-state index is 0.649. The molecule has 0 saturated carbocycles. The molecule has 0 unspecified atom stereocenters. The van der Waals surface area contributed by atoms with Crippen molar-refractivity contribution < 1.29 is 0 Å². The predicted molar refractivity (Wildman–Crippen MR) is 43.9 cm³/mol. The van der Waals surface area contributed by atoms with Gasteiger partial charge in [0.1, 0.15) is 0 Å². The van der Waals surface area contributed by atoms with Crippen molar-refractivity contribution in [3.05, 3.63) is 12.2 Å². The van der Waals surface area contributed by atoms with E-state index in [0.29, 0.717) is 5.88 Å². The summed E-state index contributed by atoms with van der Waals surface area (Å²) >= 11 is 5.47. The van der Waals surface area contributed by atoms with Gasteiger partial charge in [0.15, 0.2) is 0 Å². The maximum absolute atomic E-state index is 5.47. The van der Waals surface area contributed by atoms with Crippen LogP contribution in [0.15, 0.2) is 12.2 Å². The van der Waals surface area contributed by atoms with Crippen molar-refractivity contribution in [3.8, 4) is 0 Å². The van der Waals surface area contributed by atoms with E-state index in [-0.39, 0.29) is 0 Å². The highest BCUT2D eigenvalue weighted by molar-refractivity contribution is 6.18. The maximum atomic E-state index is 5.47. The molecular weight excluding hydrogens is 132 g/mol. The van der Waals surface area contributed by atoms with Crippen molar-refractivity contribution in [2.24, 2.45) is 5.92 Å². The zero-order valence-electron chi connectivity index (χ0n) is 6.23. The number of hydrogen-bond donors (Lipinski definition) is 0. The van der Waals surface area contributed by atoms with Crippen LogP contribution in [0.3, 0.4) is 0 Å². The number of allylic oxidation sites excluding steroid dienone is 2. The van der Waals surface area contributed by atoms with Gasteiger partial charge in [-0.05, 0) is 18.8 Å². The van der Waals surface area contributed by atoms with Gasteiger partial charge in [-0.25, -0.2) is 0 Å². The van der Waals surface area contributed by atoms with Crippen LogP contribution in [0.2, 0.25) is 0 Å². The summed E-state index contributed by atoms with van der Waals surface area (Å²) < 4.78 is 0. The van der Waals surface area contributed by atoms with Gasteiger partial charge in [0.05, 0.1) is 0 Å². The molecule has 0 aliphatic rings. The van der Waals surface area contributed by atoms with Gasteiger partial charge in [-0.2, -0.15) is 0 Å². The SMILES string of the molecule is CCC(/C=C/CCl)CC. The first kappa shape index (κ1) is 9.03. The Morgan fingerprint density at radius 1 is 1.33 bits per heavy atom. The number of hydrogen-bond acceptors (Lipinski definition) is 0. The Kier molecular flexibility index (Phi) is 6.18. The van der Waals surface area contributed by atoms with Gasteiger partial charge in [-0.1, -0.05) is 26.0 Å². The molecule has 0 aromatic carbocycles. The molecule has 1 heteroatoms. The Balaban J connectivity index is 3.41. The highest BCUT2D eigenvalue weighted by Gasteiger charge is 1.94. The minimum atomic E-state index is 0.649. The normalized spacial score (nSPS) is 11.6. The Bertz CT molecular complexity index is 72.6. The molecule has 0 rings (SSSR count). The molecule has 0 aliphatic carbocycles. The first-order valence-corrected chi connectivity index (χ1v) is 4.11. The fraction of sp³-hybridized carbons (Fsp3) is 0.750. The first-order chi connectivity index (χ1) is 4.35. The lowest BCUT2D eigenvalue weighted by Crippen LogP contribution is -1.89. The number of alkyl halides is 1. The fourth-order valence-corrected chi connectivity index (χ4v) is 0.908. The largest absolute Gasteiger partial charge is 0.122 e. The molecule has 0 fully saturated rings. The van der Waals surface area contributed by atoms with E-state index in [1.807, 2.05) is 6.08 Å². The highest BCUT2D eigenvalue weighted by Crippen LogP contribution is 2.08. The standard InChI is InChI=1S/C8H15Cl/c1-3-8(4-2)6-5-7-9/h5-6,8H,3-4,7H2,1-2H3/b6-5+. The van der Waals surface area contributed by atoms with Crippen LogP contribution < -0.4 is 0 Å². The van der Waals surface area contributed by atoms with E-state index in [1.54, 1.807) is 0 Å². The van der Waals surface area contributed by atoms with E-state index in [1.165, 1.54) is 12.8 Å². The van der Waals surface area contributed by atoms with Gasteiger partial charge < -0.3 is 0 Å². The van der Waals surface area contributed by atoms with Crippen molar-refractivity contribution in [2.45, 2.75) is 26.7 Å². The van der Waals surface area contributed by atoms with E-state index < -0.39 is 0 Å². The van der Waals surface area contributed by atoms with Crippen LogP contribution in [0.1, 0.15) is 26.7 Å². The van der Waals surface area contributed by atoms with Gasteiger partial charge in [-0.3, -0.25) is 0 Å². The van der Waals surface area contributed by atoms with Gasteiger partial charge in [0, 0.05) is 5.88 Å². The molecule has 0 saturated heterocycles. The topological polar surface area (TPSA) is 0 Å². The summed E-state index contributed by atoms with van der Waals surface area (Å²) in [5.74, 6) is 1.39. The molecule has 0 amide bonds. The van der Waals surface area contributed by atoms with Crippen LogP contribution in [0.4, 0.5) is 0 Å². The molecular formula is C8H15Cl. The van der Waals surface area contributed by atoms with Crippen LogP contribution in [0.25, 0.3) is 0 Å². The lowest BCUT2D eigenvalue weighted by molar-refractivity contribution is 0.606. The number of halogens is 1. The molecule has 0 radical (unpaired) electrons. The average molecular weight is 147 g/mol. The van der Waals surface area contributed by atoms with Crippen LogP contribution in [-0.2, 0) is 0 Å². The molecule has 0 aliphatic heterocycles. The summed E-state index contributed by atoms with van der Waals surface area (Å²) in [5.41, 5.74) is 0. The van der Waals surface area contributed by atoms with E-state index >= 15 is 0 Å². The van der Waals surface area contributed by atoms with Crippen LogP contribution >= 0.6 is 11.6 Å². The second-order valence-corrected chi connectivity index (χ2v) is 2.47. The molecule has 0 aromatic rings. The van der Waals surface area contributed by atoms with Gasteiger partial charge in [-0.15, -0.1) is 11.6 Å². The molecule has 0 spiro atoms. The van der Waals surface area contributed by atoms with Gasteiger partial charge >= 0.3 is 0 Å². The third-order valence-corrected chi connectivity index (χ3v) is 1.72. The summed E-state index contributed by atoms with van der Waals surface area (Å²) in [4.78, 5) is 0. The van der Waals surface area contributed by atoms with Crippen LogP contribution in [-0.4, -0.2) is 5.88 Å². The second kappa shape index (κ2) is 6.15. The number of rotatable bonds is 4. The van der Waals surface area contributed by atoms with Crippen LogP contribution in [0.5, 0.6) is 0 Å². The summed E-state index contributed by atoms with van der Waals surface area (Å²) in [5, 5.41) is 0. The highest BCUT2D eigenvalue weighted by atomic mass is 35.5. The molecule has 0 aromatic heterocycles. The summed E-state index contributed by atoms with van der Waals surface area (Å²) in [6, 6.07) is 0. The predicted octanol–water partition coefficient (Wildman–Crippen LogP) is 3.22. The quantitative estimate of drug-likeness (QED) is 0.422. The average Bonchev–Trinajstić information content (AvgIpc) is 1.91. The third kappa shape index (κ3) is 4.53. The Labute approximate surface area is 62.9 Å². The molecule has 0 atom stereocenters. The molecule has 54 valence electrons. The monoisotopic (exact) mass is 146 g/mol. The zero-order chi connectivity index (χ0) is 7.11. The van der Waals surface area contributed by atoms with Crippen molar-refractivity contribution >= 4 is 11.6 Å². The van der Waals surface area contributed by atoms with Gasteiger partial charge in [0.25, 0.3) is 0 Å². The Hall–Kier alpha value is 0.0300. The second-order valence-electron chi connectivity index (χ2n) is 2.16. The van der Waals surface area contributed by atoms with Crippen LogP contribution in [0, 0.1) is 5.92 Å². The summed E-state index contributed by atoms with van der Waals surface area (Å²) in [6.45, 7) is 4.40. The Morgan fingerprint density at radius 2 is 1.89 bits per heavy atom. The maximum Gasteiger partial charge on any atom is 0.0404 e. The summed E-state index contributed by atoms with van der Waals surface area (Å²) in [6.07, 6.45) is 6.68. The van der Waals surface area contributed by atoms with E-state index in [0.717, 1.165) is 5.92 Å². The molecule has 0 heterocycles. The molecule has 0 bridgehead atoms. The van der Waals surface area contributed by atoms with Crippen molar-refractivity contribution in [1.29, 1.82) is 0 Å².